The van der Waals surface area contributed by atoms with Crippen LogP contribution >= 0.6 is 27.5 Å². The smallest absolute Gasteiger partial charge is 0.414 e. The summed E-state index contributed by atoms with van der Waals surface area (Å²) in [6, 6.07) is 5.65. The Labute approximate surface area is 167 Å². The number of carboxylic acid groups (broad SMARTS) is 2. The Morgan fingerprint density at radius 2 is 1.69 bits per heavy atom. The molecule has 0 radical (unpaired) electrons. The van der Waals surface area contributed by atoms with Crippen LogP contribution in [0.15, 0.2) is 22.7 Å². The molecule has 1 aromatic rings. The number of unbranched alkanes of at least 4 members (excludes halogenated alkanes) is 1. The van der Waals surface area contributed by atoms with Gasteiger partial charge in [0.1, 0.15) is 5.75 Å². The van der Waals surface area contributed by atoms with Gasteiger partial charge in [0.2, 0.25) is 0 Å². The second-order valence-electron chi connectivity index (χ2n) is 6.00. The average Bonchev–Trinajstić information content (AvgIpc) is 2.85. The Morgan fingerprint density at radius 3 is 2.23 bits per heavy atom. The lowest BCUT2D eigenvalue weighted by atomic mass is 10.2. The molecule has 0 amide bonds. The first-order chi connectivity index (χ1) is 12.4. The van der Waals surface area contributed by atoms with Crippen LogP contribution in [0.3, 0.4) is 0 Å². The summed E-state index contributed by atoms with van der Waals surface area (Å²) in [5.74, 6) is -2.77. The van der Waals surface area contributed by atoms with E-state index < -0.39 is 11.9 Å². The van der Waals surface area contributed by atoms with E-state index in [1.165, 1.54) is 51.7 Å². The maximum absolute atomic E-state index is 9.10. The molecule has 146 valence electrons. The average molecular weight is 451 g/mol. The van der Waals surface area contributed by atoms with Gasteiger partial charge < -0.3 is 19.8 Å². The number of likely N-dealkylation sites (tertiary alicyclic amines) is 1. The number of carboxylic acids is 2. The minimum absolute atomic E-state index is 0.727. The van der Waals surface area contributed by atoms with Crippen LogP contribution in [-0.4, -0.2) is 53.3 Å². The summed E-state index contributed by atoms with van der Waals surface area (Å²) in [6.07, 6.45) is 7.87. The highest BCUT2D eigenvalue weighted by Gasteiger charge is 2.08. The number of hydrogen-bond donors (Lipinski definition) is 2. The van der Waals surface area contributed by atoms with E-state index in [0.717, 1.165) is 28.3 Å². The summed E-state index contributed by atoms with van der Waals surface area (Å²) in [5, 5.41) is 15.5. The van der Waals surface area contributed by atoms with Crippen LogP contribution < -0.4 is 4.74 Å². The van der Waals surface area contributed by atoms with Crippen LogP contribution in [-0.2, 0) is 9.59 Å². The van der Waals surface area contributed by atoms with Crippen molar-refractivity contribution in [3.8, 4) is 5.75 Å². The number of rotatable bonds is 6. The van der Waals surface area contributed by atoms with E-state index in [4.69, 9.17) is 36.1 Å². The van der Waals surface area contributed by atoms with Crippen LogP contribution in [0.1, 0.15) is 38.5 Å². The zero-order chi connectivity index (χ0) is 19.4. The fraction of sp³-hybridized carbons (Fsp3) is 0.556. The quantitative estimate of drug-likeness (QED) is 0.496. The van der Waals surface area contributed by atoms with Crippen molar-refractivity contribution in [3.05, 3.63) is 27.7 Å². The summed E-state index contributed by atoms with van der Waals surface area (Å²) in [7, 11) is 0. The van der Waals surface area contributed by atoms with E-state index >= 15 is 0 Å². The highest BCUT2D eigenvalue weighted by molar-refractivity contribution is 9.10. The molecule has 0 aliphatic carbocycles. The summed E-state index contributed by atoms with van der Waals surface area (Å²) in [4.78, 5) is 20.8. The number of hydrogen-bond acceptors (Lipinski definition) is 4. The van der Waals surface area contributed by atoms with Crippen molar-refractivity contribution in [3.63, 3.8) is 0 Å². The predicted octanol–water partition coefficient (Wildman–Crippen LogP) is 4.29. The van der Waals surface area contributed by atoms with Crippen LogP contribution in [0.5, 0.6) is 5.75 Å². The van der Waals surface area contributed by atoms with E-state index in [2.05, 4.69) is 20.8 Å². The van der Waals surface area contributed by atoms with Gasteiger partial charge in [-0.05, 0) is 79.4 Å². The van der Waals surface area contributed by atoms with E-state index in [-0.39, 0.29) is 0 Å². The molecule has 1 aliphatic heterocycles. The molecule has 0 unspecified atom stereocenters. The van der Waals surface area contributed by atoms with Crippen LogP contribution in [0.4, 0.5) is 0 Å². The first-order valence-electron chi connectivity index (χ1n) is 8.66. The number of carbonyl (C=O) groups is 2. The van der Waals surface area contributed by atoms with Gasteiger partial charge in [-0.3, -0.25) is 0 Å². The van der Waals surface area contributed by atoms with Gasteiger partial charge in [0.15, 0.2) is 0 Å². The lowest BCUT2D eigenvalue weighted by molar-refractivity contribution is -0.159. The summed E-state index contributed by atoms with van der Waals surface area (Å²) < 4.78 is 6.71. The molecular formula is C18H25BrClNO5. The van der Waals surface area contributed by atoms with Crippen molar-refractivity contribution >= 4 is 39.5 Å². The molecule has 26 heavy (non-hydrogen) atoms. The van der Waals surface area contributed by atoms with Gasteiger partial charge in [-0.2, -0.15) is 0 Å². The molecule has 0 aromatic heterocycles. The molecular weight excluding hydrogens is 426 g/mol. The standard InChI is InChI=1S/C16H23BrClNO.C2H2O4/c17-15-13-14(18)7-8-16(15)20-12-6-5-11-19-9-3-1-2-4-10-19;3-1(4)2(5)6/h7-8,13H,1-6,9-12H2;(H,3,4)(H,5,6). The summed E-state index contributed by atoms with van der Waals surface area (Å²) in [5.41, 5.74) is 0. The number of nitrogens with zero attached hydrogens (tertiary/aromatic N) is 1. The molecule has 2 N–H and O–H groups in total. The van der Waals surface area contributed by atoms with Gasteiger partial charge in [-0.25, -0.2) is 9.59 Å². The van der Waals surface area contributed by atoms with Crippen molar-refractivity contribution in [1.29, 1.82) is 0 Å². The van der Waals surface area contributed by atoms with Crippen molar-refractivity contribution in [2.45, 2.75) is 38.5 Å². The Bertz CT molecular complexity index is 565. The number of aliphatic carboxylic acids is 2. The molecule has 0 bridgehead atoms. The molecule has 1 aromatic carbocycles. The molecule has 1 fully saturated rings. The van der Waals surface area contributed by atoms with Crippen molar-refractivity contribution in [2.24, 2.45) is 0 Å². The van der Waals surface area contributed by atoms with Gasteiger partial charge in [0.25, 0.3) is 0 Å². The van der Waals surface area contributed by atoms with E-state index in [1.54, 1.807) is 0 Å². The van der Waals surface area contributed by atoms with Gasteiger partial charge in [0, 0.05) is 5.02 Å². The second-order valence-corrected chi connectivity index (χ2v) is 7.29. The minimum atomic E-state index is -1.82. The zero-order valence-electron chi connectivity index (χ0n) is 14.6. The Kier molecular flexibility index (Phi) is 11.3. The Morgan fingerprint density at radius 1 is 1.08 bits per heavy atom. The number of halogens is 2. The lowest BCUT2D eigenvalue weighted by Gasteiger charge is -2.19. The molecule has 8 heteroatoms. The Hall–Kier alpha value is -1.31. The molecule has 1 saturated heterocycles. The second kappa shape index (κ2) is 12.9. The van der Waals surface area contributed by atoms with Crippen LogP contribution in [0.25, 0.3) is 0 Å². The fourth-order valence-corrected chi connectivity index (χ4v) is 3.37. The van der Waals surface area contributed by atoms with Crippen molar-refractivity contribution in [1.82, 2.24) is 4.90 Å². The maximum Gasteiger partial charge on any atom is 0.414 e. The minimum Gasteiger partial charge on any atom is -0.492 e. The van der Waals surface area contributed by atoms with E-state index in [1.807, 2.05) is 18.2 Å². The van der Waals surface area contributed by atoms with Gasteiger partial charge in [-0.15, -0.1) is 0 Å². The monoisotopic (exact) mass is 449 g/mol. The molecule has 6 nitrogen and oxygen atoms in total. The van der Waals surface area contributed by atoms with Crippen molar-refractivity contribution < 1.29 is 24.5 Å². The third-order valence-corrected chi connectivity index (χ3v) is 4.76. The first-order valence-corrected chi connectivity index (χ1v) is 9.83. The van der Waals surface area contributed by atoms with Gasteiger partial charge >= 0.3 is 11.9 Å². The largest absolute Gasteiger partial charge is 0.492 e. The van der Waals surface area contributed by atoms with E-state index in [0.29, 0.717) is 0 Å². The third kappa shape index (κ3) is 9.99. The molecule has 0 spiro atoms. The van der Waals surface area contributed by atoms with Gasteiger partial charge in [-0.1, -0.05) is 24.4 Å². The highest BCUT2D eigenvalue weighted by Crippen LogP contribution is 2.28. The van der Waals surface area contributed by atoms with Crippen LogP contribution in [0.2, 0.25) is 5.02 Å². The lowest BCUT2D eigenvalue weighted by Crippen LogP contribution is -2.25. The molecule has 0 saturated carbocycles. The SMILES string of the molecule is Clc1ccc(OCCCCN2CCCCCC2)c(Br)c1.O=C(O)C(=O)O. The molecule has 2 rings (SSSR count). The highest BCUT2D eigenvalue weighted by atomic mass is 79.9. The van der Waals surface area contributed by atoms with Crippen LogP contribution in [0, 0.1) is 0 Å². The Balaban J connectivity index is 0.000000487. The maximum atomic E-state index is 9.10. The van der Waals surface area contributed by atoms with E-state index in [9.17, 15) is 0 Å². The number of ether oxygens (including phenoxy) is 1. The topological polar surface area (TPSA) is 87.1 Å². The van der Waals surface area contributed by atoms with Gasteiger partial charge in [0.05, 0.1) is 11.1 Å². The normalized spacial score (nSPS) is 14.7. The first kappa shape index (κ1) is 22.7. The third-order valence-electron chi connectivity index (χ3n) is 3.90. The summed E-state index contributed by atoms with van der Waals surface area (Å²) in [6.45, 7) is 4.55. The fourth-order valence-electron chi connectivity index (χ4n) is 2.57. The molecule has 1 aliphatic rings. The predicted molar refractivity (Wildman–Crippen MR) is 104 cm³/mol. The summed E-state index contributed by atoms with van der Waals surface area (Å²) >= 11 is 9.38. The molecule has 0 atom stereocenters. The van der Waals surface area contributed by atoms with Crippen molar-refractivity contribution in [2.75, 3.05) is 26.2 Å². The zero-order valence-corrected chi connectivity index (χ0v) is 17.0. The number of benzene rings is 1. The molecule has 1 heterocycles.